The fourth-order valence-corrected chi connectivity index (χ4v) is 4.40. The average molecular weight is 250 g/mol. The molecule has 0 saturated heterocycles. The van der Waals surface area contributed by atoms with Crippen LogP contribution >= 0.6 is 0 Å². The smallest absolute Gasteiger partial charge is 0.309 e. The minimum atomic E-state index is 0.0644. The third kappa shape index (κ3) is 1.44. The Hall–Kier alpha value is -0.530. The molecule has 2 bridgehead atoms. The molecule has 0 N–H and O–H groups in total. The van der Waals surface area contributed by atoms with Crippen LogP contribution in [0.4, 0.5) is 0 Å². The number of rotatable bonds is 2. The van der Waals surface area contributed by atoms with Gasteiger partial charge in [-0.1, -0.05) is 34.6 Å². The highest BCUT2D eigenvalue weighted by atomic mass is 16.5. The van der Waals surface area contributed by atoms with E-state index in [0.29, 0.717) is 5.41 Å². The first-order valence-corrected chi connectivity index (χ1v) is 7.39. The summed E-state index contributed by atoms with van der Waals surface area (Å²) in [6.45, 7) is 11.4. The molecule has 102 valence electrons. The van der Waals surface area contributed by atoms with Crippen LogP contribution in [0.1, 0.15) is 60.3 Å². The lowest BCUT2D eigenvalue weighted by atomic mass is 9.70. The molecule has 4 atom stereocenters. The fraction of sp³-hybridized carbons (Fsp3) is 0.938. The second kappa shape index (κ2) is 3.32. The Morgan fingerprint density at radius 3 is 2.17 bits per heavy atom. The van der Waals surface area contributed by atoms with Gasteiger partial charge in [-0.05, 0) is 42.4 Å². The molecule has 0 heterocycles. The van der Waals surface area contributed by atoms with Gasteiger partial charge in [0.2, 0.25) is 0 Å². The molecule has 0 spiro atoms. The van der Waals surface area contributed by atoms with Gasteiger partial charge in [0, 0.05) is 5.41 Å². The van der Waals surface area contributed by atoms with Gasteiger partial charge in [-0.15, -0.1) is 0 Å². The summed E-state index contributed by atoms with van der Waals surface area (Å²) in [7, 11) is 0. The van der Waals surface area contributed by atoms with E-state index in [1.807, 2.05) is 0 Å². The minimum Gasteiger partial charge on any atom is -0.462 e. The van der Waals surface area contributed by atoms with Gasteiger partial charge in [-0.25, -0.2) is 0 Å². The van der Waals surface area contributed by atoms with Crippen LogP contribution in [0.15, 0.2) is 0 Å². The van der Waals surface area contributed by atoms with Gasteiger partial charge < -0.3 is 4.74 Å². The molecule has 0 aliphatic heterocycles. The number of hydrogen-bond donors (Lipinski definition) is 0. The van der Waals surface area contributed by atoms with Gasteiger partial charge in [0.15, 0.2) is 0 Å². The molecule has 0 aromatic rings. The molecule has 0 radical (unpaired) electrons. The largest absolute Gasteiger partial charge is 0.462 e. The summed E-state index contributed by atoms with van der Waals surface area (Å²) in [5.74, 6) is 0.963. The highest BCUT2D eigenvalue weighted by molar-refractivity contribution is 5.77. The normalized spacial score (nSPS) is 47.1. The maximum atomic E-state index is 12.2. The molecule has 0 aromatic heterocycles. The summed E-state index contributed by atoms with van der Waals surface area (Å²) >= 11 is 0. The van der Waals surface area contributed by atoms with Gasteiger partial charge in [0.1, 0.15) is 6.10 Å². The molecular weight excluding hydrogens is 224 g/mol. The lowest BCUT2D eigenvalue weighted by Crippen LogP contribution is -2.38. The number of hydrogen-bond acceptors (Lipinski definition) is 2. The first-order valence-electron chi connectivity index (χ1n) is 7.39. The van der Waals surface area contributed by atoms with Crippen LogP contribution in [0.25, 0.3) is 0 Å². The van der Waals surface area contributed by atoms with Crippen molar-refractivity contribution < 1.29 is 9.53 Å². The van der Waals surface area contributed by atoms with Crippen LogP contribution in [0.2, 0.25) is 0 Å². The summed E-state index contributed by atoms with van der Waals surface area (Å²) in [6, 6.07) is 0. The van der Waals surface area contributed by atoms with E-state index in [-0.39, 0.29) is 28.8 Å². The Kier molecular flexibility index (Phi) is 2.30. The molecule has 2 nitrogen and oxygen atoms in total. The second-order valence-corrected chi connectivity index (χ2v) is 8.28. The summed E-state index contributed by atoms with van der Waals surface area (Å²) < 4.78 is 5.90. The van der Waals surface area contributed by atoms with Crippen molar-refractivity contribution in [1.82, 2.24) is 0 Å². The average Bonchev–Trinajstić information content (AvgIpc) is 2.78. The zero-order valence-electron chi connectivity index (χ0n) is 12.4. The molecule has 0 amide bonds. The SMILES string of the molecule is CC1(C)C[C@H]1C(=O)O[C@@H]1C[C@H]2CC[C@@]1(C)C2(C)C. The molecule has 3 saturated carbocycles. The Balaban J connectivity index is 1.71. The van der Waals surface area contributed by atoms with Crippen molar-refractivity contribution in [2.24, 2.45) is 28.1 Å². The van der Waals surface area contributed by atoms with Crippen molar-refractivity contribution in [3.05, 3.63) is 0 Å². The Morgan fingerprint density at radius 1 is 1.17 bits per heavy atom. The highest BCUT2D eigenvalue weighted by Crippen LogP contribution is 2.66. The minimum absolute atomic E-state index is 0.0644. The van der Waals surface area contributed by atoms with Gasteiger partial charge >= 0.3 is 5.97 Å². The fourth-order valence-electron chi connectivity index (χ4n) is 4.40. The van der Waals surface area contributed by atoms with Crippen molar-refractivity contribution in [3.8, 4) is 0 Å². The number of carbonyl (C=O) groups excluding carboxylic acids is 1. The molecule has 3 aliphatic carbocycles. The topological polar surface area (TPSA) is 26.3 Å². The van der Waals surface area contributed by atoms with E-state index < -0.39 is 0 Å². The Labute approximate surface area is 110 Å². The number of esters is 1. The quantitative estimate of drug-likeness (QED) is 0.697. The van der Waals surface area contributed by atoms with Crippen LogP contribution in [0.5, 0.6) is 0 Å². The molecule has 3 fully saturated rings. The standard InChI is InChI=1S/C16H26O2/c1-14(2)9-11(14)13(17)18-12-8-10-6-7-16(12,5)15(10,3)4/h10-12H,6-9H2,1-5H3/t10-,11+,12-,16-/m1/s1. The van der Waals surface area contributed by atoms with Gasteiger partial charge in [-0.2, -0.15) is 0 Å². The van der Waals surface area contributed by atoms with E-state index in [0.717, 1.165) is 18.8 Å². The van der Waals surface area contributed by atoms with Crippen LogP contribution in [-0.2, 0) is 9.53 Å². The molecule has 2 heteroatoms. The Morgan fingerprint density at radius 2 is 1.78 bits per heavy atom. The molecular formula is C16H26O2. The van der Waals surface area contributed by atoms with Crippen molar-refractivity contribution >= 4 is 5.97 Å². The summed E-state index contributed by atoms with van der Waals surface area (Å²) in [6.07, 6.45) is 4.78. The predicted molar refractivity (Wildman–Crippen MR) is 71.0 cm³/mol. The van der Waals surface area contributed by atoms with E-state index in [1.165, 1.54) is 12.8 Å². The highest BCUT2D eigenvalue weighted by Gasteiger charge is 2.63. The van der Waals surface area contributed by atoms with E-state index in [4.69, 9.17) is 4.74 Å². The first-order chi connectivity index (χ1) is 8.18. The zero-order valence-corrected chi connectivity index (χ0v) is 12.4. The number of fused-ring (bicyclic) bond motifs is 2. The summed E-state index contributed by atoms with van der Waals surface area (Å²) in [5, 5.41) is 0. The summed E-state index contributed by atoms with van der Waals surface area (Å²) in [5.41, 5.74) is 0.717. The van der Waals surface area contributed by atoms with Gasteiger partial charge in [-0.3, -0.25) is 4.79 Å². The van der Waals surface area contributed by atoms with Crippen LogP contribution in [-0.4, -0.2) is 12.1 Å². The van der Waals surface area contributed by atoms with E-state index >= 15 is 0 Å². The second-order valence-electron chi connectivity index (χ2n) is 8.28. The molecule has 3 aliphatic rings. The van der Waals surface area contributed by atoms with Gasteiger partial charge in [0.25, 0.3) is 0 Å². The third-order valence-corrected chi connectivity index (χ3v) is 6.77. The lowest BCUT2D eigenvalue weighted by molar-refractivity contribution is -0.159. The zero-order chi connectivity index (χ0) is 13.3. The van der Waals surface area contributed by atoms with Gasteiger partial charge in [0.05, 0.1) is 5.92 Å². The van der Waals surface area contributed by atoms with Crippen LogP contribution in [0.3, 0.4) is 0 Å². The van der Waals surface area contributed by atoms with Crippen LogP contribution < -0.4 is 0 Å². The maximum Gasteiger partial charge on any atom is 0.309 e. The Bertz CT molecular complexity index is 396. The third-order valence-electron chi connectivity index (χ3n) is 6.77. The predicted octanol–water partition coefficient (Wildman–Crippen LogP) is 3.79. The van der Waals surface area contributed by atoms with Crippen molar-refractivity contribution in [1.29, 1.82) is 0 Å². The van der Waals surface area contributed by atoms with Crippen molar-refractivity contribution in [3.63, 3.8) is 0 Å². The van der Waals surface area contributed by atoms with Crippen molar-refractivity contribution in [2.45, 2.75) is 66.4 Å². The monoisotopic (exact) mass is 250 g/mol. The van der Waals surface area contributed by atoms with E-state index in [2.05, 4.69) is 34.6 Å². The molecule has 18 heavy (non-hydrogen) atoms. The van der Waals surface area contributed by atoms with E-state index in [1.54, 1.807) is 0 Å². The van der Waals surface area contributed by atoms with E-state index in [9.17, 15) is 4.79 Å². The first kappa shape index (κ1) is 12.5. The maximum absolute atomic E-state index is 12.2. The van der Waals surface area contributed by atoms with Crippen molar-refractivity contribution in [2.75, 3.05) is 0 Å². The lowest BCUT2D eigenvalue weighted by Gasteiger charge is -2.38. The van der Waals surface area contributed by atoms with Crippen LogP contribution in [0, 0.1) is 28.1 Å². The number of ether oxygens (including phenoxy) is 1. The molecule has 0 unspecified atom stereocenters. The summed E-state index contributed by atoms with van der Waals surface area (Å²) in [4.78, 5) is 12.2. The molecule has 0 aromatic carbocycles. The molecule has 3 rings (SSSR count). The number of carbonyl (C=O) groups is 1.